The number of carbonyl (C=O) groups is 1. The summed E-state index contributed by atoms with van der Waals surface area (Å²) in [6.07, 6.45) is 1.97. The van der Waals surface area contributed by atoms with Crippen LogP contribution in [0.2, 0.25) is 0 Å². The van der Waals surface area contributed by atoms with Crippen LogP contribution in [0.25, 0.3) is 0 Å². The van der Waals surface area contributed by atoms with Gasteiger partial charge in [0.1, 0.15) is 0 Å². The molecule has 0 aliphatic carbocycles. The SMILES string of the molecule is CCCNC(=O)NCCC.I. The van der Waals surface area contributed by atoms with E-state index in [1.165, 1.54) is 0 Å². The van der Waals surface area contributed by atoms with E-state index in [-0.39, 0.29) is 30.0 Å². The van der Waals surface area contributed by atoms with Crippen molar-refractivity contribution in [3.05, 3.63) is 0 Å². The number of halogens is 1. The zero-order valence-electron chi connectivity index (χ0n) is 7.14. The summed E-state index contributed by atoms with van der Waals surface area (Å²) in [4.78, 5) is 10.7. The first-order valence-electron chi connectivity index (χ1n) is 3.83. The van der Waals surface area contributed by atoms with E-state index in [1.807, 2.05) is 13.8 Å². The van der Waals surface area contributed by atoms with Crippen molar-refractivity contribution >= 4 is 30.0 Å². The molecule has 0 spiro atoms. The number of hydrogen-bond donors (Lipinski definition) is 2. The maximum Gasteiger partial charge on any atom is 0.314 e. The number of nitrogens with one attached hydrogen (secondary N) is 2. The summed E-state index contributed by atoms with van der Waals surface area (Å²) in [5.74, 6) is 0. The van der Waals surface area contributed by atoms with Crippen LogP contribution >= 0.6 is 24.0 Å². The van der Waals surface area contributed by atoms with Crippen LogP contribution in [0.1, 0.15) is 26.7 Å². The van der Waals surface area contributed by atoms with Gasteiger partial charge in [-0.15, -0.1) is 24.0 Å². The third-order valence-electron chi connectivity index (χ3n) is 1.07. The second-order valence-corrected chi connectivity index (χ2v) is 2.18. The molecule has 0 aromatic heterocycles. The standard InChI is InChI=1S/C7H16N2O.HI/c1-3-5-8-7(10)9-6-4-2;/h3-6H2,1-2H3,(H2,8,9,10);1H. The van der Waals surface area contributed by atoms with Crippen LogP contribution in [0.4, 0.5) is 4.79 Å². The van der Waals surface area contributed by atoms with E-state index in [9.17, 15) is 4.79 Å². The highest BCUT2D eigenvalue weighted by atomic mass is 127. The Hall–Kier alpha value is 0. The predicted molar refractivity (Wildman–Crippen MR) is 57.4 cm³/mol. The molecule has 4 heteroatoms. The Bertz CT molecular complexity index is 88.4. The molecule has 0 aromatic rings. The van der Waals surface area contributed by atoms with Gasteiger partial charge in [0.2, 0.25) is 0 Å². The summed E-state index contributed by atoms with van der Waals surface area (Å²) >= 11 is 0. The van der Waals surface area contributed by atoms with Crippen molar-refractivity contribution in [2.75, 3.05) is 13.1 Å². The van der Waals surface area contributed by atoms with Crippen molar-refractivity contribution in [2.45, 2.75) is 26.7 Å². The van der Waals surface area contributed by atoms with Crippen molar-refractivity contribution in [3.8, 4) is 0 Å². The first-order valence-corrected chi connectivity index (χ1v) is 3.83. The Labute approximate surface area is 85.3 Å². The Morgan fingerprint density at radius 2 is 1.45 bits per heavy atom. The van der Waals surface area contributed by atoms with Gasteiger partial charge in [-0.3, -0.25) is 0 Å². The van der Waals surface area contributed by atoms with E-state index in [4.69, 9.17) is 0 Å². The second-order valence-electron chi connectivity index (χ2n) is 2.18. The quantitative estimate of drug-likeness (QED) is 0.752. The van der Waals surface area contributed by atoms with Crippen molar-refractivity contribution in [1.82, 2.24) is 10.6 Å². The molecule has 0 aliphatic rings. The zero-order chi connectivity index (χ0) is 7.82. The van der Waals surface area contributed by atoms with Gasteiger partial charge in [0.05, 0.1) is 0 Å². The first kappa shape index (κ1) is 13.6. The minimum Gasteiger partial charge on any atom is -0.338 e. The van der Waals surface area contributed by atoms with Gasteiger partial charge in [-0.2, -0.15) is 0 Å². The minimum absolute atomic E-state index is 0. The summed E-state index contributed by atoms with van der Waals surface area (Å²) in [6, 6.07) is -0.0521. The molecule has 0 heterocycles. The van der Waals surface area contributed by atoms with Crippen LogP contribution in [-0.2, 0) is 0 Å². The average Bonchev–Trinajstić information content (AvgIpc) is 1.97. The molecule has 0 aromatic carbocycles. The van der Waals surface area contributed by atoms with Gasteiger partial charge < -0.3 is 10.6 Å². The van der Waals surface area contributed by atoms with Gasteiger partial charge >= 0.3 is 6.03 Å². The summed E-state index contributed by atoms with van der Waals surface area (Å²) in [6.45, 7) is 5.57. The normalized spacial score (nSPS) is 8.18. The van der Waals surface area contributed by atoms with Crippen molar-refractivity contribution in [2.24, 2.45) is 0 Å². The van der Waals surface area contributed by atoms with Crippen LogP contribution in [-0.4, -0.2) is 19.1 Å². The molecule has 11 heavy (non-hydrogen) atoms. The predicted octanol–water partition coefficient (Wildman–Crippen LogP) is 1.72. The van der Waals surface area contributed by atoms with Gasteiger partial charge in [0.25, 0.3) is 0 Å². The highest BCUT2D eigenvalue weighted by Crippen LogP contribution is 1.72. The Kier molecular flexibility index (Phi) is 12.3. The van der Waals surface area contributed by atoms with Crippen molar-refractivity contribution in [1.29, 1.82) is 0 Å². The number of urea groups is 1. The number of rotatable bonds is 4. The molecule has 0 radical (unpaired) electrons. The molecule has 0 saturated heterocycles. The fourth-order valence-electron chi connectivity index (χ4n) is 0.540. The van der Waals surface area contributed by atoms with Gasteiger partial charge in [0, 0.05) is 13.1 Å². The summed E-state index contributed by atoms with van der Waals surface area (Å²) in [7, 11) is 0. The summed E-state index contributed by atoms with van der Waals surface area (Å²) in [5.41, 5.74) is 0. The molecular weight excluding hydrogens is 255 g/mol. The molecule has 0 fully saturated rings. The van der Waals surface area contributed by atoms with Crippen LogP contribution in [0.15, 0.2) is 0 Å². The topological polar surface area (TPSA) is 41.1 Å². The zero-order valence-corrected chi connectivity index (χ0v) is 9.48. The maximum atomic E-state index is 10.7. The number of hydrogen-bond acceptors (Lipinski definition) is 1. The largest absolute Gasteiger partial charge is 0.338 e. The molecule has 0 unspecified atom stereocenters. The molecule has 3 nitrogen and oxygen atoms in total. The molecule has 0 aliphatic heterocycles. The molecule has 0 bridgehead atoms. The van der Waals surface area contributed by atoms with E-state index in [0.29, 0.717) is 0 Å². The van der Waals surface area contributed by atoms with E-state index >= 15 is 0 Å². The van der Waals surface area contributed by atoms with Gasteiger partial charge in [-0.25, -0.2) is 4.79 Å². The Morgan fingerprint density at radius 3 is 1.73 bits per heavy atom. The van der Waals surface area contributed by atoms with Crippen molar-refractivity contribution in [3.63, 3.8) is 0 Å². The molecule has 68 valence electrons. The lowest BCUT2D eigenvalue weighted by atomic mass is 10.5. The van der Waals surface area contributed by atoms with Crippen LogP contribution < -0.4 is 10.6 Å². The van der Waals surface area contributed by atoms with Crippen molar-refractivity contribution < 1.29 is 4.79 Å². The molecule has 2 amide bonds. The van der Waals surface area contributed by atoms with Gasteiger partial charge in [-0.05, 0) is 12.8 Å². The fraction of sp³-hybridized carbons (Fsp3) is 0.857. The van der Waals surface area contributed by atoms with Gasteiger partial charge in [-0.1, -0.05) is 13.8 Å². The highest BCUT2D eigenvalue weighted by molar-refractivity contribution is 14.0. The lowest BCUT2D eigenvalue weighted by molar-refractivity contribution is 0.241. The fourth-order valence-corrected chi connectivity index (χ4v) is 0.540. The van der Waals surface area contributed by atoms with Crippen LogP contribution in [0.5, 0.6) is 0 Å². The third-order valence-corrected chi connectivity index (χ3v) is 1.07. The average molecular weight is 272 g/mol. The monoisotopic (exact) mass is 272 g/mol. The molecule has 0 atom stereocenters. The smallest absolute Gasteiger partial charge is 0.314 e. The van der Waals surface area contributed by atoms with Crippen LogP contribution in [0.3, 0.4) is 0 Å². The summed E-state index contributed by atoms with van der Waals surface area (Å²) < 4.78 is 0. The maximum absolute atomic E-state index is 10.7. The molecule has 0 saturated carbocycles. The number of amides is 2. The number of carbonyl (C=O) groups excluding carboxylic acids is 1. The summed E-state index contributed by atoms with van der Waals surface area (Å²) in [5, 5.41) is 5.43. The second kappa shape index (κ2) is 10.0. The third kappa shape index (κ3) is 10.0. The van der Waals surface area contributed by atoms with E-state index in [1.54, 1.807) is 0 Å². The lowest BCUT2D eigenvalue weighted by Gasteiger charge is -2.03. The first-order chi connectivity index (χ1) is 4.81. The Balaban J connectivity index is 0. The molecule has 0 rings (SSSR count). The van der Waals surface area contributed by atoms with E-state index in [2.05, 4.69) is 10.6 Å². The molecular formula is C7H17IN2O. The Morgan fingerprint density at radius 1 is 1.09 bits per heavy atom. The van der Waals surface area contributed by atoms with E-state index in [0.717, 1.165) is 25.9 Å². The van der Waals surface area contributed by atoms with Crippen LogP contribution in [0, 0.1) is 0 Å². The molecule has 2 N–H and O–H groups in total. The van der Waals surface area contributed by atoms with Gasteiger partial charge in [0.15, 0.2) is 0 Å². The van der Waals surface area contributed by atoms with E-state index < -0.39 is 0 Å². The highest BCUT2D eigenvalue weighted by Gasteiger charge is 1.93. The minimum atomic E-state index is -0.0521. The lowest BCUT2D eigenvalue weighted by Crippen LogP contribution is -2.36.